The zero-order chi connectivity index (χ0) is 23.2. The molecule has 0 N–H and O–H groups in total. The highest BCUT2D eigenvalue weighted by molar-refractivity contribution is 7.99. The van der Waals surface area contributed by atoms with Crippen molar-refractivity contribution in [2.45, 2.75) is 18.0 Å². The van der Waals surface area contributed by atoms with Crippen molar-refractivity contribution in [1.29, 1.82) is 0 Å². The number of ketones is 1. The average Bonchev–Trinajstić information content (AvgIpc) is 2.87. The maximum atomic E-state index is 13.5. The van der Waals surface area contributed by atoms with E-state index in [1.165, 1.54) is 11.8 Å². The number of fused-ring (bicyclic) bond motifs is 1. The Kier molecular flexibility index (Phi) is 7.10. The fourth-order valence-corrected chi connectivity index (χ4v) is 4.50. The Balaban J connectivity index is 1.66. The lowest BCUT2D eigenvalue weighted by Crippen LogP contribution is -2.22. The molecule has 7 heteroatoms. The summed E-state index contributed by atoms with van der Waals surface area (Å²) in [6.07, 6.45) is 1.09. The van der Waals surface area contributed by atoms with E-state index in [2.05, 4.69) is 0 Å². The van der Waals surface area contributed by atoms with Gasteiger partial charge in [-0.3, -0.25) is 14.2 Å². The summed E-state index contributed by atoms with van der Waals surface area (Å²) >= 11 is 1.44. The number of benzene rings is 3. The van der Waals surface area contributed by atoms with Gasteiger partial charge >= 0.3 is 0 Å². The molecule has 0 saturated carbocycles. The predicted molar refractivity (Wildman–Crippen MR) is 131 cm³/mol. The van der Waals surface area contributed by atoms with E-state index in [1.807, 2.05) is 48.5 Å². The van der Waals surface area contributed by atoms with E-state index in [1.54, 1.807) is 43.1 Å². The number of carbonyl (C=O) groups is 1. The number of hydrogen-bond donors (Lipinski definition) is 0. The number of aromatic nitrogens is 2. The first kappa shape index (κ1) is 22.6. The first-order chi connectivity index (χ1) is 16.1. The molecule has 0 unspecified atom stereocenters. The molecule has 0 amide bonds. The SMILES string of the molecule is COc1ccc(OC)c(-n2c(SCCCC(=O)c3ccccc3)nc3ccccc3c2=O)c1. The topological polar surface area (TPSA) is 70.4 Å². The number of rotatable bonds is 9. The van der Waals surface area contributed by atoms with Gasteiger partial charge in [0.2, 0.25) is 0 Å². The van der Waals surface area contributed by atoms with Crippen molar-refractivity contribution in [1.82, 2.24) is 9.55 Å². The van der Waals surface area contributed by atoms with Gasteiger partial charge in [0, 0.05) is 23.8 Å². The highest BCUT2D eigenvalue weighted by Gasteiger charge is 2.17. The first-order valence-corrected chi connectivity index (χ1v) is 11.6. The van der Waals surface area contributed by atoms with Crippen molar-refractivity contribution in [3.05, 3.63) is 88.7 Å². The Hall–Kier alpha value is -3.58. The molecule has 4 rings (SSSR count). The standard InChI is InChI=1S/C26H24N2O4S/c1-31-19-14-15-24(32-2)22(17-19)28-25(30)20-11-6-7-12-21(20)27-26(28)33-16-8-13-23(29)18-9-4-3-5-10-18/h3-7,9-12,14-15,17H,8,13,16H2,1-2H3. The van der Waals surface area contributed by atoms with Crippen LogP contribution in [0, 0.1) is 0 Å². The molecule has 0 atom stereocenters. The van der Waals surface area contributed by atoms with Crippen LogP contribution in [0.5, 0.6) is 11.5 Å². The first-order valence-electron chi connectivity index (χ1n) is 10.6. The Morgan fingerprint density at radius 1 is 0.970 bits per heavy atom. The highest BCUT2D eigenvalue weighted by Crippen LogP contribution is 2.30. The second-order valence-corrected chi connectivity index (χ2v) is 8.39. The zero-order valence-electron chi connectivity index (χ0n) is 18.5. The van der Waals surface area contributed by atoms with Gasteiger partial charge in [0.15, 0.2) is 10.9 Å². The van der Waals surface area contributed by atoms with E-state index < -0.39 is 0 Å². The summed E-state index contributed by atoms with van der Waals surface area (Å²) in [6, 6.07) is 21.9. The third kappa shape index (κ3) is 4.93. The summed E-state index contributed by atoms with van der Waals surface area (Å²) < 4.78 is 12.5. The van der Waals surface area contributed by atoms with Gasteiger partial charge in [-0.25, -0.2) is 4.98 Å². The van der Waals surface area contributed by atoms with E-state index in [0.717, 1.165) is 0 Å². The Morgan fingerprint density at radius 3 is 2.48 bits per heavy atom. The molecule has 4 aromatic rings. The molecule has 1 heterocycles. The monoisotopic (exact) mass is 460 g/mol. The third-order valence-electron chi connectivity index (χ3n) is 5.25. The lowest BCUT2D eigenvalue weighted by atomic mass is 10.1. The normalized spacial score (nSPS) is 10.8. The second-order valence-electron chi connectivity index (χ2n) is 7.33. The summed E-state index contributed by atoms with van der Waals surface area (Å²) in [5, 5.41) is 1.06. The molecule has 0 bridgehead atoms. The highest BCUT2D eigenvalue weighted by atomic mass is 32.2. The Bertz CT molecular complexity index is 1340. The van der Waals surface area contributed by atoms with Gasteiger partial charge in [-0.05, 0) is 30.7 Å². The van der Waals surface area contributed by atoms with E-state index in [0.29, 0.717) is 57.4 Å². The molecule has 0 fully saturated rings. The minimum Gasteiger partial charge on any atom is -0.497 e. The van der Waals surface area contributed by atoms with Crippen LogP contribution in [0.15, 0.2) is 82.7 Å². The summed E-state index contributed by atoms with van der Waals surface area (Å²) in [4.78, 5) is 30.7. The summed E-state index contributed by atoms with van der Waals surface area (Å²) in [5.74, 6) is 1.89. The van der Waals surface area contributed by atoms with Gasteiger partial charge in [0.1, 0.15) is 11.5 Å². The lowest BCUT2D eigenvalue weighted by molar-refractivity contribution is 0.0982. The van der Waals surface area contributed by atoms with Crippen molar-refractivity contribution in [3.8, 4) is 17.2 Å². The van der Waals surface area contributed by atoms with Gasteiger partial charge in [-0.15, -0.1) is 0 Å². The second kappa shape index (κ2) is 10.4. The van der Waals surface area contributed by atoms with Crippen molar-refractivity contribution in [2.75, 3.05) is 20.0 Å². The van der Waals surface area contributed by atoms with Crippen LogP contribution in [0.25, 0.3) is 16.6 Å². The minimum absolute atomic E-state index is 0.106. The number of nitrogens with zero attached hydrogens (tertiary/aromatic N) is 2. The molecule has 33 heavy (non-hydrogen) atoms. The average molecular weight is 461 g/mol. The molecule has 0 radical (unpaired) electrons. The summed E-state index contributed by atoms with van der Waals surface area (Å²) in [5.41, 5.74) is 1.71. The van der Waals surface area contributed by atoms with Crippen LogP contribution in [0.4, 0.5) is 0 Å². The van der Waals surface area contributed by atoms with Crippen LogP contribution < -0.4 is 15.0 Å². The number of methoxy groups -OCH3 is 2. The minimum atomic E-state index is -0.185. The zero-order valence-corrected chi connectivity index (χ0v) is 19.3. The van der Waals surface area contributed by atoms with Crippen LogP contribution in [-0.2, 0) is 0 Å². The summed E-state index contributed by atoms with van der Waals surface area (Å²) in [7, 11) is 3.14. The molecule has 6 nitrogen and oxygen atoms in total. The van der Waals surface area contributed by atoms with E-state index in [-0.39, 0.29) is 11.3 Å². The van der Waals surface area contributed by atoms with Crippen LogP contribution in [0.3, 0.4) is 0 Å². The van der Waals surface area contributed by atoms with Crippen LogP contribution >= 0.6 is 11.8 Å². The molecular formula is C26H24N2O4S. The largest absolute Gasteiger partial charge is 0.497 e. The fourth-order valence-electron chi connectivity index (χ4n) is 3.56. The van der Waals surface area contributed by atoms with Crippen molar-refractivity contribution < 1.29 is 14.3 Å². The molecule has 1 aromatic heterocycles. The maximum absolute atomic E-state index is 13.5. The predicted octanol–water partition coefficient (Wildman–Crippen LogP) is 5.16. The van der Waals surface area contributed by atoms with E-state index in [9.17, 15) is 9.59 Å². The smallest absolute Gasteiger partial charge is 0.266 e. The van der Waals surface area contributed by atoms with Crippen molar-refractivity contribution in [2.24, 2.45) is 0 Å². The lowest BCUT2D eigenvalue weighted by Gasteiger charge is -2.16. The van der Waals surface area contributed by atoms with Gasteiger partial charge in [-0.1, -0.05) is 54.2 Å². The van der Waals surface area contributed by atoms with Crippen LogP contribution in [-0.4, -0.2) is 35.3 Å². The van der Waals surface area contributed by atoms with Crippen LogP contribution in [0.2, 0.25) is 0 Å². The molecule has 0 aliphatic carbocycles. The van der Waals surface area contributed by atoms with Gasteiger partial charge < -0.3 is 9.47 Å². The number of Topliss-reactive ketones (excluding diaryl/α,β-unsaturated/α-hetero) is 1. The molecule has 0 aliphatic heterocycles. The number of ether oxygens (including phenoxy) is 2. The quantitative estimate of drug-likeness (QED) is 0.149. The Morgan fingerprint density at radius 2 is 1.73 bits per heavy atom. The fraction of sp³-hybridized carbons (Fsp3) is 0.192. The summed E-state index contributed by atoms with van der Waals surface area (Å²) in [6.45, 7) is 0. The molecular weight excluding hydrogens is 436 g/mol. The van der Waals surface area contributed by atoms with Gasteiger partial charge in [0.05, 0.1) is 30.8 Å². The van der Waals surface area contributed by atoms with Gasteiger partial charge in [-0.2, -0.15) is 0 Å². The van der Waals surface area contributed by atoms with Crippen LogP contribution in [0.1, 0.15) is 23.2 Å². The third-order valence-corrected chi connectivity index (χ3v) is 6.27. The molecule has 168 valence electrons. The van der Waals surface area contributed by atoms with Crippen molar-refractivity contribution in [3.63, 3.8) is 0 Å². The van der Waals surface area contributed by atoms with E-state index >= 15 is 0 Å². The number of hydrogen-bond acceptors (Lipinski definition) is 6. The maximum Gasteiger partial charge on any atom is 0.266 e. The van der Waals surface area contributed by atoms with Gasteiger partial charge in [0.25, 0.3) is 5.56 Å². The molecule has 0 spiro atoms. The molecule has 0 aliphatic rings. The number of para-hydroxylation sites is 1. The number of thioether (sulfide) groups is 1. The Labute approximate surface area is 196 Å². The number of carbonyl (C=O) groups excluding carboxylic acids is 1. The molecule has 0 saturated heterocycles. The molecule has 3 aromatic carbocycles. The van der Waals surface area contributed by atoms with E-state index in [4.69, 9.17) is 14.5 Å². The van der Waals surface area contributed by atoms with Crippen molar-refractivity contribution >= 4 is 28.4 Å².